The molecule has 1 amide bonds. The van der Waals surface area contributed by atoms with Crippen LogP contribution in [0.15, 0.2) is 35.1 Å². The summed E-state index contributed by atoms with van der Waals surface area (Å²) in [6.07, 6.45) is -1.78. The summed E-state index contributed by atoms with van der Waals surface area (Å²) >= 11 is 0. The van der Waals surface area contributed by atoms with Gasteiger partial charge in [0.15, 0.2) is 5.69 Å². The lowest BCUT2D eigenvalue weighted by atomic mass is 10.1. The van der Waals surface area contributed by atoms with Crippen molar-refractivity contribution in [1.29, 1.82) is 0 Å². The number of hydrogen-bond donors (Lipinski definition) is 1. The number of nitrogens with zero attached hydrogens (tertiary/aromatic N) is 3. The number of nitrogens with one attached hydrogen (secondary N) is 1. The maximum atomic E-state index is 13.4. The minimum Gasteiger partial charge on any atom is -0.370 e. The number of anilines is 2. The molecule has 0 unspecified atom stereocenters. The van der Waals surface area contributed by atoms with Crippen molar-refractivity contribution in [2.75, 3.05) is 23.3 Å². The smallest absolute Gasteiger partial charge is 0.370 e. The normalized spacial score (nSPS) is 14.5. The van der Waals surface area contributed by atoms with Crippen LogP contribution >= 0.6 is 0 Å². The molecule has 0 aliphatic carbocycles. The second-order valence-electron chi connectivity index (χ2n) is 8.67. The van der Waals surface area contributed by atoms with Crippen LogP contribution < -0.4 is 15.8 Å². The Balaban J connectivity index is 1.77. The van der Waals surface area contributed by atoms with Gasteiger partial charge in [0.25, 0.3) is 11.5 Å². The van der Waals surface area contributed by atoms with Crippen LogP contribution in [0.2, 0.25) is 0 Å². The van der Waals surface area contributed by atoms with E-state index in [4.69, 9.17) is 0 Å². The molecule has 6 nitrogen and oxygen atoms in total. The fraction of sp³-hybridized carbons (Fsp3) is 0.400. The van der Waals surface area contributed by atoms with Gasteiger partial charge in [0.05, 0.1) is 28.0 Å². The highest BCUT2D eigenvalue weighted by atomic mass is 19.4. The molecule has 1 saturated heterocycles. The Morgan fingerprint density at radius 2 is 1.74 bits per heavy atom. The number of carbonyl (C=O) groups is 1. The van der Waals surface area contributed by atoms with Crippen molar-refractivity contribution in [2.45, 2.75) is 52.8 Å². The molecule has 1 aromatic heterocycles. The fourth-order valence-corrected chi connectivity index (χ4v) is 4.35. The van der Waals surface area contributed by atoms with Crippen molar-refractivity contribution in [3.8, 4) is 0 Å². The number of benzene rings is 2. The largest absolute Gasteiger partial charge is 0.416 e. The molecule has 1 aliphatic heterocycles. The Labute approximate surface area is 195 Å². The highest BCUT2D eigenvalue weighted by Gasteiger charge is 2.32. The standard InChI is InChI=1S/C25H27F3N4O2/c1-4-32-21-13-16(3)15(2)12-19(21)29-22(24(32)34)23(33)30-18-9-8-17(25(26,27)28)14-20(18)31-10-6-5-7-11-31/h8-9,12-14H,4-7,10-11H2,1-3H3,(H,30,33). The van der Waals surface area contributed by atoms with Gasteiger partial charge in [-0.3, -0.25) is 9.59 Å². The zero-order valence-electron chi connectivity index (χ0n) is 19.4. The van der Waals surface area contributed by atoms with E-state index < -0.39 is 23.2 Å². The highest BCUT2D eigenvalue weighted by Crippen LogP contribution is 2.36. The molecule has 9 heteroatoms. The predicted octanol–water partition coefficient (Wildman–Crippen LogP) is 5.29. The zero-order valence-corrected chi connectivity index (χ0v) is 19.4. The molecule has 2 heterocycles. The first-order valence-electron chi connectivity index (χ1n) is 11.4. The summed E-state index contributed by atoms with van der Waals surface area (Å²) in [6, 6.07) is 6.94. The van der Waals surface area contributed by atoms with E-state index in [-0.39, 0.29) is 11.4 Å². The summed E-state index contributed by atoms with van der Waals surface area (Å²) in [5.41, 5.74) is 2.04. The van der Waals surface area contributed by atoms with Gasteiger partial charge >= 0.3 is 6.18 Å². The summed E-state index contributed by atoms with van der Waals surface area (Å²) < 4.78 is 41.6. The topological polar surface area (TPSA) is 67.2 Å². The number of carbonyl (C=O) groups excluding carboxylic acids is 1. The number of aromatic nitrogens is 2. The van der Waals surface area contributed by atoms with Crippen LogP contribution in [0.25, 0.3) is 11.0 Å². The minimum absolute atomic E-state index is 0.226. The average Bonchev–Trinajstić information content (AvgIpc) is 2.80. The number of rotatable bonds is 4. The van der Waals surface area contributed by atoms with Crippen LogP contribution in [0.3, 0.4) is 0 Å². The molecular weight excluding hydrogens is 445 g/mol. The van der Waals surface area contributed by atoms with E-state index in [1.807, 2.05) is 37.8 Å². The van der Waals surface area contributed by atoms with E-state index >= 15 is 0 Å². The van der Waals surface area contributed by atoms with Crippen molar-refractivity contribution in [1.82, 2.24) is 9.55 Å². The lowest BCUT2D eigenvalue weighted by molar-refractivity contribution is -0.137. The first kappa shape index (κ1) is 23.8. The first-order valence-corrected chi connectivity index (χ1v) is 11.4. The molecule has 1 fully saturated rings. The predicted molar refractivity (Wildman–Crippen MR) is 127 cm³/mol. The number of piperidine rings is 1. The van der Waals surface area contributed by atoms with Crippen molar-refractivity contribution >= 4 is 28.3 Å². The summed E-state index contributed by atoms with van der Waals surface area (Å²) in [7, 11) is 0. The van der Waals surface area contributed by atoms with E-state index in [0.29, 0.717) is 36.4 Å². The molecule has 4 rings (SSSR count). The first-order chi connectivity index (χ1) is 16.1. The third kappa shape index (κ3) is 4.51. The number of halogens is 3. The van der Waals surface area contributed by atoms with E-state index in [2.05, 4.69) is 10.3 Å². The molecule has 0 bridgehead atoms. The Morgan fingerprint density at radius 1 is 1.06 bits per heavy atom. The Hall–Kier alpha value is -3.36. The van der Waals surface area contributed by atoms with Gasteiger partial charge in [0.2, 0.25) is 0 Å². The zero-order chi connectivity index (χ0) is 24.6. The van der Waals surface area contributed by atoms with E-state index in [0.717, 1.165) is 42.5 Å². The molecule has 180 valence electrons. The molecule has 0 atom stereocenters. The number of fused-ring (bicyclic) bond motifs is 1. The Morgan fingerprint density at radius 3 is 2.38 bits per heavy atom. The molecule has 1 aliphatic rings. The van der Waals surface area contributed by atoms with Gasteiger partial charge in [0.1, 0.15) is 0 Å². The summed E-state index contributed by atoms with van der Waals surface area (Å²) in [4.78, 5) is 32.5. The molecular formula is C25H27F3N4O2. The van der Waals surface area contributed by atoms with E-state index in [1.165, 1.54) is 10.6 Å². The second-order valence-corrected chi connectivity index (χ2v) is 8.67. The van der Waals surface area contributed by atoms with Gasteiger partial charge in [0, 0.05) is 19.6 Å². The number of alkyl halides is 3. The van der Waals surface area contributed by atoms with Crippen LogP contribution in [-0.2, 0) is 12.7 Å². The van der Waals surface area contributed by atoms with Crippen LogP contribution in [0, 0.1) is 13.8 Å². The molecule has 0 spiro atoms. The quantitative estimate of drug-likeness (QED) is 0.560. The van der Waals surface area contributed by atoms with Crippen molar-refractivity contribution in [2.24, 2.45) is 0 Å². The molecule has 3 aromatic rings. The molecule has 1 N–H and O–H groups in total. The summed E-state index contributed by atoms with van der Waals surface area (Å²) in [5.74, 6) is -0.745. The maximum absolute atomic E-state index is 13.4. The Kier molecular flexibility index (Phi) is 6.38. The third-order valence-electron chi connectivity index (χ3n) is 6.36. The highest BCUT2D eigenvalue weighted by molar-refractivity contribution is 6.05. The molecule has 2 aromatic carbocycles. The maximum Gasteiger partial charge on any atom is 0.416 e. The molecule has 0 radical (unpaired) electrons. The van der Waals surface area contributed by atoms with Crippen molar-refractivity contribution in [3.63, 3.8) is 0 Å². The van der Waals surface area contributed by atoms with Crippen molar-refractivity contribution in [3.05, 3.63) is 63.1 Å². The van der Waals surface area contributed by atoms with Gasteiger partial charge in [-0.05, 0) is 81.5 Å². The second kappa shape index (κ2) is 9.12. The van der Waals surface area contributed by atoms with Crippen LogP contribution in [-0.4, -0.2) is 28.5 Å². The average molecular weight is 473 g/mol. The number of aryl methyl sites for hydroxylation is 3. The molecule has 34 heavy (non-hydrogen) atoms. The third-order valence-corrected chi connectivity index (χ3v) is 6.36. The van der Waals surface area contributed by atoms with E-state index in [1.54, 1.807) is 0 Å². The van der Waals surface area contributed by atoms with Gasteiger partial charge in [-0.1, -0.05) is 0 Å². The van der Waals surface area contributed by atoms with Crippen LogP contribution in [0.4, 0.5) is 24.5 Å². The van der Waals surface area contributed by atoms with Crippen LogP contribution in [0.5, 0.6) is 0 Å². The Bertz CT molecular complexity index is 1310. The summed E-state index contributed by atoms with van der Waals surface area (Å²) in [5, 5.41) is 2.66. The monoisotopic (exact) mass is 472 g/mol. The lowest BCUT2D eigenvalue weighted by Crippen LogP contribution is -2.33. The fourth-order valence-electron chi connectivity index (χ4n) is 4.35. The number of hydrogen-bond acceptors (Lipinski definition) is 4. The van der Waals surface area contributed by atoms with Gasteiger partial charge < -0.3 is 14.8 Å². The van der Waals surface area contributed by atoms with Gasteiger partial charge in [-0.25, -0.2) is 4.98 Å². The summed E-state index contributed by atoms with van der Waals surface area (Å²) in [6.45, 7) is 7.21. The molecule has 0 saturated carbocycles. The lowest BCUT2D eigenvalue weighted by Gasteiger charge is -2.31. The van der Waals surface area contributed by atoms with Crippen LogP contribution in [0.1, 0.15) is 53.4 Å². The van der Waals surface area contributed by atoms with E-state index in [9.17, 15) is 22.8 Å². The van der Waals surface area contributed by atoms with Crippen molar-refractivity contribution < 1.29 is 18.0 Å². The number of amides is 1. The SMILES string of the molecule is CCn1c(=O)c(C(=O)Nc2ccc(C(F)(F)F)cc2N2CCCCC2)nc2cc(C)c(C)cc21. The minimum atomic E-state index is -4.50. The van der Waals surface area contributed by atoms with Gasteiger partial charge in [-0.15, -0.1) is 0 Å². The van der Waals surface area contributed by atoms with Gasteiger partial charge in [-0.2, -0.15) is 13.2 Å².